The molecule has 0 atom stereocenters. The van der Waals surface area contributed by atoms with Gasteiger partial charge in [-0.25, -0.2) is 9.97 Å². The van der Waals surface area contributed by atoms with E-state index in [9.17, 15) is 9.59 Å². The summed E-state index contributed by atoms with van der Waals surface area (Å²) < 4.78 is 5.44. The number of benzene rings is 1. The fraction of sp³-hybridized carbons (Fsp3) is 0.407. The Bertz CT molecular complexity index is 1220. The molecule has 0 aliphatic carbocycles. The van der Waals surface area contributed by atoms with Crippen molar-refractivity contribution in [2.24, 2.45) is 0 Å². The van der Waals surface area contributed by atoms with Crippen molar-refractivity contribution in [1.29, 1.82) is 0 Å². The SMILES string of the molecule is Cc1cc(N2CCOCC2)nc2ccc(NC(=O)CCC(=O)N3CCN(c4ccccn4)CC3)cc12. The number of pyridine rings is 2. The van der Waals surface area contributed by atoms with Crippen molar-refractivity contribution in [1.82, 2.24) is 14.9 Å². The van der Waals surface area contributed by atoms with Crippen LogP contribution in [0.15, 0.2) is 48.7 Å². The number of aromatic nitrogens is 2. The van der Waals surface area contributed by atoms with Crippen molar-refractivity contribution in [3.63, 3.8) is 0 Å². The van der Waals surface area contributed by atoms with Gasteiger partial charge in [-0.15, -0.1) is 0 Å². The van der Waals surface area contributed by atoms with Gasteiger partial charge in [0.05, 0.1) is 18.7 Å². The molecule has 2 aliphatic rings. The molecule has 2 amide bonds. The molecule has 2 aliphatic heterocycles. The van der Waals surface area contributed by atoms with Crippen molar-refractivity contribution < 1.29 is 14.3 Å². The maximum Gasteiger partial charge on any atom is 0.224 e. The van der Waals surface area contributed by atoms with Crippen LogP contribution in [-0.2, 0) is 14.3 Å². The molecule has 36 heavy (non-hydrogen) atoms. The van der Waals surface area contributed by atoms with Crippen LogP contribution in [-0.4, -0.2) is 79.2 Å². The fourth-order valence-electron chi connectivity index (χ4n) is 4.74. The second kappa shape index (κ2) is 10.9. The molecular formula is C27H32N6O3. The first kappa shape index (κ1) is 24.0. The Labute approximate surface area is 211 Å². The number of rotatable bonds is 6. The topological polar surface area (TPSA) is 90.9 Å². The largest absolute Gasteiger partial charge is 0.378 e. The Hall–Kier alpha value is -3.72. The van der Waals surface area contributed by atoms with Crippen LogP contribution in [0.1, 0.15) is 18.4 Å². The van der Waals surface area contributed by atoms with E-state index in [4.69, 9.17) is 9.72 Å². The van der Waals surface area contributed by atoms with Gasteiger partial charge in [-0.05, 0) is 48.9 Å². The molecule has 4 heterocycles. The van der Waals surface area contributed by atoms with Gasteiger partial charge in [-0.2, -0.15) is 0 Å². The Morgan fingerprint density at radius 3 is 2.44 bits per heavy atom. The number of anilines is 3. The van der Waals surface area contributed by atoms with Crippen LogP contribution in [0.4, 0.5) is 17.3 Å². The zero-order valence-corrected chi connectivity index (χ0v) is 20.7. The number of fused-ring (bicyclic) bond motifs is 1. The molecule has 0 spiro atoms. The zero-order valence-electron chi connectivity index (χ0n) is 20.7. The van der Waals surface area contributed by atoms with Crippen molar-refractivity contribution in [3.8, 4) is 0 Å². The van der Waals surface area contributed by atoms with E-state index in [0.29, 0.717) is 32.0 Å². The molecule has 188 valence electrons. The second-order valence-electron chi connectivity index (χ2n) is 9.23. The Morgan fingerprint density at radius 1 is 0.917 bits per heavy atom. The lowest BCUT2D eigenvalue weighted by atomic mass is 10.1. The highest BCUT2D eigenvalue weighted by Crippen LogP contribution is 2.26. The fourth-order valence-corrected chi connectivity index (χ4v) is 4.74. The lowest BCUT2D eigenvalue weighted by Crippen LogP contribution is -2.49. The van der Waals surface area contributed by atoms with E-state index in [-0.39, 0.29) is 24.7 Å². The summed E-state index contributed by atoms with van der Waals surface area (Å²) in [6, 6.07) is 13.7. The molecule has 9 nitrogen and oxygen atoms in total. The first-order chi connectivity index (χ1) is 17.6. The average Bonchev–Trinajstić information content (AvgIpc) is 2.93. The van der Waals surface area contributed by atoms with Crippen LogP contribution in [0, 0.1) is 6.92 Å². The number of hydrogen-bond donors (Lipinski definition) is 1. The number of carbonyl (C=O) groups excluding carboxylic acids is 2. The number of hydrogen-bond acceptors (Lipinski definition) is 7. The second-order valence-corrected chi connectivity index (χ2v) is 9.23. The molecule has 0 saturated carbocycles. The summed E-state index contributed by atoms with van der Waals surface area (Å²) >= 11 is 0. The smallest absolute Gasteiger partial charge is 0.224 e. The number of piperazine rings is 1. The number of nitrogens with one attached hydrogen (secondary N) is 1. The van der Waals surface area contributed by atoms with Crippen molar-refractivity contribution in [2.75, 3.05) is 67.6 Å². The van der Waals surface area contributed by atoms with E-state index in [2.05, 4.69) is 33.1 Å². The molecular weight excluding hydrogens is 456 g/mol. The summed E-state index contributed by atoms with van der Waals surface area (Å²) in [7, 11) is 0. The third kappa shape index (κ3) is 5.57. The molecule has 0 unspecified atom stereocenters. The van der Waals surface area contributed by atoms with E-state index < -0.39 is 0 Å². The van der Waals surface area contributed by atoms with Crippen molar-refractivity contribution in [3.05, 3.63) is 54.2 Å². The highest BCUT2D eigenvalue weighted by molar-refractivity contribution is 5.96. The minimum atomic E-state index is -0.162. The molecule has 2 fully saturated rings. The predicted octanol–water partition coefficient (Wildman–Crippen LogP) is 2.84. The normalized spacial score (nSPS) is 16.3. The molecule has 3 aromatic rings. The van der Waals surface area contributed by atoms with E-state index in [1.165, 1.54) is 0 Å². The molecule has 1 N–H and O–H groups in total. The van der Waals surface area contributed by atoms with Crippen molar-refractivity contribution >= 4 is 40.0 Å². The van der Waals surface area contributed by atoms with E-state index >= 15 is 0 Å². The molecule has 2 saturated heterocycles. The van der Waals surface area contributed by atoms with Crippen molar-refractivity contribution in [2.45, 2.75) is 19.8 Å². The van der Waals surface area contributed by atoms with Crippen LogP contribution in [0.5, 0.6) is 0 Å². The highest BCUT2D eigenvalue weighted by atomic mass is 16.5. The number of amides is 2. The van der Waals surface area contributed by atoms with Crippen LogP contribution >= 0.6 is 0 Å². The minimum Gasteiger partial charge on any atom is -0.378 e. The summed E-state index contributed by atoms with van der Waals surface area (Å²) in [6.45, 7) is 7.93. The quantitative estimate of drug-likeness (QED) is 0.571. The van der Waals surface area contributed by atoms with Gasteiger partial charge in [-0.3, -0.25) is 9.59 Å². The monoisotopic (exact) mass is 488 g/mol. The molecule has 9 heteroatoms. The van der Waals surface area contributed by atoms with Gasteiger partial charge in [0, 0.05) is 69.4 Å². The number of morpholine rings is 1. The van der Waals surface area contributed by atoms with Gasteiger partial charge in [0.1, 0.15) is 11.6 Å². The minimum absolute atomic E-state index is 0.0139. The lowest BCUT2D eigenvalue weighted by Gasteiger charge is -2.35. The number of aryl methyl sites for hydroxylation is 1. The summed E-state index contributed by atoms with van der Waals surface area (Å²) in [5.41, 5.74) is 2.72. The first-order valence-corrected chi connectivity index (χ1v) is 12.5. The number of ether oxygens (including phenoxy) is 1. The summed E-state index contributed by atoms with van der Waals surface area (Å²) in [5, 5.41) is 3.95. The maximum atomic E-state index is 12.7. The first-order valence-electron chi connectivity index (χ1n) is 12.5. The van der Waals surface area contributed by atoms with Crippen LogP contribution < -0.4 is 15.1 Å². The van der Waals surface area contributed by atoms with E-state index in [0.717, 1.165) is 54.3 Å². The van der Waals surface area contributed by atoms with Gasteiger partial charge in [-0.1, -0.05) is 6.07 Å². The predicted molar refractivity (Wildman–Crippen MR) is 140 cm³/mol. The van der Waals surface area contributed by atoms with Crippen LogP contribution in [0.25, 0.3) is 10.9 Å². The zero-order chi connectivity index (χ0) is 24.9. The van der Waals surface area contributed by atoms with Gasteiger partial charge in [0.15, 0.2) is 0 Å². The third-order valence-corrected chi connectivity index (χ3v) is 6.79. The number of nitrogens with zero attached hydrogens (tertiary/aromatic N) is 5. The average molecular weight is 489 g/mol. The molecule has 1 aromatic carbocycles. The van der Waals surface area contributed by atoms with Gasteiger partial charge < -0.3 is 24.8 Å². The Morgan fingerprint density at radius 2 is 1.69 bits per heavy atom. The molecule has 0 bridgehead atoms. The van der Waals surface area contributed by atoms with Gasteiger partial charge in [0.2, 0.25) is 11.8 Å². The Balaban J connectivity index is 1.13. The maximum absolute atomic E-state index is 12.7. The van der Waals surface area contributed by atoms with Gasteiger partial charge >= 0.3 is 0 Å². The summed E-state index contributed by atoms with van der Waals surface area (Å²) in [5.74, 6) is 1.74. The van der Waals surface area contributed by atoms with E-state index in [1.807, 2.05) is 41.3 Å². The van der Waals surface area contributed by atoms with E-state index in [1.54, 1.807) is 6.20 Å². The van der Waals surface area contributed by atoms with Crippen LogP contribution in [0.3, 0.4) is 0 Å². The molecule has 5 rings (SSSR count). The summed E-state index contributed by atoms with van der Waals surface area (Å²) in [6.07, 6.45) is 2.14. The Kier molecular flexibility index (Phi) is 7.27. The number of carbonyl (C=O) groups is 2. The summed E-state index contributed by atoms with van der Waals surface area (Å²) in [4.78, 5) is 40.7. The van der Waals surface area contributed by atoms with Gasteiger partial charge in [0.25, 0.3) is 0 Å². The van der Waals surface area contributed by atoms with Crippen LogP contribution in [0.2, 0.25) is 0 Å². The standard InChI is InChI=1S/C27H32N6O3/c1-20-18-25(32-14-16-36-17-15-32)30-23-6-5-21(19-22(20)23)29-26(34)7-8-27(35)33-12-10-31(11-13-33)24-4-2-3-9-28-24/h2-6,9,18-19H,7-8,10-17H2,1H3,(H,29,34). The lowest BCUT2D eigenvalue weighted by molar-refractivity contribution is -0.133. The molecule has 0 radical (unpaired) electrons. The highest BCUT2D eigenvalue weighted by Gasteiger charge is 2.22. The molecule has 2 aromatic heterocycles. The third-order valence-electron chi connectivity index (χ3n) is 6.79.